The van der Waals surface area contributed by atoms with Crippen molar-refractivity contribution in [2.45, 2.75) is 51.1 Å². The molecule has 2 aromatic rings. The lowest BCUT2D eigenvalue weighted by molar-refractivity contribution is 0.00554. The van der Waals surface area contributed by atoms with E-state index in [9.17, 15) is 5.11 Å². The molecule has 4 rings (SSSR count). The number of piperidine rings is 1. The number of phenols is 1. The smallest absolute Gasteiger partial charge is 0.115 e. The molecule has 2 nitrogen and oxygen atoms in total. The summed E-state index contributed by atoms with van der Waals surface area (Å²) >= 11 is 0. The number of rotatable bonds is 2. The van der Waals surface area contributed by atoms with Gasteiger partial charge in [-0.1, -0.05) is 50.2 Å². The molecule has 2 aliphatic rings. The lowest BCUT2D eigenvalue weighted by atomic mass is 9.58. The van der Waals surface area contributed by atoms with Crippen molar-refractivity contribution in [3.63, 3.8) is 0 Å². The fourth-order valence-electron chi connectivity index (χ4n) is 5.04. The van der Waals surface area contributed by atoms with Gasteiger partial charge in [-0.2, -0.15) is 0 Å². The molecule has 0 amide bonds. The lowest BCUT2D eigenvalue weighted by Crippen LogP contribution is -2.58. The zero-order chi connectivity index (χ0) is 16.9. The second kappa shape index (κ2) is 5.63. The Balaban J connectivity index is 1.71. The summed E-state index contributed by atoms with van der Waals surface area (Å²) < 4.78 is 0. The maximum Gasteiger partial charge on any atom is 0.115 e. The predicted octanol–water partition coefficient (Wildman–Crippen LogP) is 4.68. The molecule has 2 unspecified atom stereocenters. The third-order valence-corrected chi connectivity index (χ3v) is 6.81. The number of benzene rings is 2. The molecule has 1 aliphatic carbocycles. The van der Waals surface area contributed by atoms with Crippen LogP contribution in [0, 0.1) is 5.92 Å². The highest BCUT2D eigenvalue weighted by Crippen LogP contribution is 2.50. The van der Waals surface area contributed by atoms with Crippen LogP contribution in [-0.2, 0) is 11.8 Å². The average Bonchev–Trinajstić information content (AvgIpc) is 2.59. The van der Waals surface area contributed by atoms with Crippen molar-refractivity contribution < 1.29 is 5.11 Å². The summed E-state index contributed by atoms with van der Waals surface area (Å²) in [5.74, 6) is 0.993. The third kappa shape index (κ3) is 2.28. The largest absolute Gasteiger partial charge is 0.508 e. The van der Waals surface area contributed by atoms with E-state index in [1.54, 1.807) is 0 Å². The Kier molecular flexibility index (Phi) is 3.69. The van der Waals surface area contributed by atoms with Crippen molar-refractivity contribution in [3.8, 4) is 5.75 Å². The summed E-state index contributed by atoms with van der Waals surface area (Å²) in [6.07, 6.45) is 2.24. The van der Waals surface area contributed by atoms with Crippen LogP contribution >= 0.6 is 0 Å². The van der Waals surface area contributed by atoms with Gasteiger partial charge in [0.15, 0.2) is 0 Å². The van der Waals surface area contributed by atoms with Crippen molar-refractivity contribution in [3.05, 3.63) is 65.2 Å². The molecule has 4 atom stereocenters. The topological polar surface area (TPSA) is 23.5 Å². The van der Waals surface area contributed by atoms with Crippen molar-refractivity contribution in [2.75, 3.05) is 6.54 Å². The van der Waals surface area contributed by atoms with Gasteiger partial charge in [0, 0.05) is 12.1 Å². The van der Waals surface area contributed by atoms with Gasteiger partial charge in [0.25, 0.3) is 0 Å². The summed E-state index contributed by atoms with van der Waals surface area (Å²) in [7, 11) is 0. The quantitative estimate of drug-likeness (QED) is 0.868. The molecule has 0 radical (unpaired) electrons. The number of hydrogen-bond donors (Lipinski definition) is 1. The first-order valence-electron chi connectivity index (χ1n) is 9.14. The van der Waals surface area contributed by atoms with E-state index in [1.165, 1.54) is 16.7 Å². The van der Waals surface area contributed by atoms with Gasteiger partial charge < -0.3 is 5.11 Å². The van der Waals surface area contributed by atoms with Crippen LogP contribution in [0.25, 0.3) is 0 Å². The van der Waals surface area contributed by atoms with E-state index in [2.05, 4.69) is 62.1 Å². The Morgan fingerprint density at radius 2 is 1.92 bits per heavy atom. The third-order valence-electron chi connectivity index (χ3n) is 6.81. The molecule has 2 heteroatoms. The molecule has 2 aromatic carbocycles. The van der Waals surface area contributed by atoms with E-state index in [-0.39, 0.29) is 5.41 Å². The number of fused-ring (bicyclic) bond motifs is 4. The van der Waals surface area contributed by atoms with Crippen LogP contribution < -0.4 is 0 Å². The molecular formula is C22H27NO. The van der Waals surface area contributed by atoms with Gasteiger partial charge in [-0.05, 0) is 66.5 Å². The molecule has 24 heavy (non-hydrogen) atoms. The number of hydrogen-bond acceptors (Lipinski definition) is 2. The van der Waals surface area contributed by atoms with Crippen LogP contribution in [-0.4, -0.2) is 22.6 Å². The molecule has 0 saturated carbocycles. The number of nitrogens with zero attached hydrogens (tertiary/aromatic N) is 1. The molecule has 1 heterocycles. The number of likely N-dealkylation sites (tertiary alicyclic amines) is 1. The summed E-state index contributed by atoms with van der Waals surface area (Å²) in [6.45, 7) is 8.27. The second-order valence-electron chi connectivity index (χ2n) is 7.89. The monoisotopic (exact) mass is 321 g/mol. The van der Waals surface area contributed by atoms with Crippen molar-refractivity contribution in [2.24, 2.45) is 5.92 Å². The molecule has 2 bridgehead atoms. The first kappa shape index (κ1) is 15.7. The Morgan fingerprint density at radius 3 is 2.67 bits per heavy atom. The fourth-order valence-corrected chi connectivity index (χ4v) is 5.04. The average molecular weight is 321 g/mol. The van der Waals surface area contributed by atoms with E-state index in [0.29, 0.717) is 23.8 Å². The normalized spacial score (nSPS) is 30.6. The van der Waals surface area contributed by atoms with E-state index in [1.807, 2.05) is 12.1 Å². The number of aromatic hydroxyl groups is 1. The van der Waals surface area contributed by atoms with Gasteiger partial charge in [0.1, 0.15) is 5.75 Å². The zero-order valence-corrected chi connectivity index (χ0v) is 14.9. The van der Waals surface area contributed by atoms with Crippen LogP contribution in [0.3, 0.4) is 0 Å². The van der Waals surface area contributed by atoms with E-state index < -0.39 is 0 Å². The Hall–Kier alpha value is -1.80. The van der Waals surface area contributed by atoms with Crippen molar-refractivity contribution in [1.29, 1.82) is 0 Å². The zero-order valence-electron chi connectivity index (χ0n) is 14.9. The highest BCUT2D eigenvalue weighted by Gasteiger charge is 2.49. The second-order valence-corrected chi connectivity index (χ2v) is 7.89. The van der Waals surface area contributed by atoms with Crippen LogP contribution in [0.1, 0.15) is 49.9 Å². The van der Waals surface area contributed by atoms with E-state index in [4.69, 9.17) is 0 Å². The van der Waals surface area contributed by atoms with Crippen molar-refractivity contribution >= 4 is 0 Å². The molecule has 0 aromatic heterocycles. The first-order valence-corrected chi connectivity index (χ1v) is 9.14. The van der Waals surface area contributed by atoms with Gasteiger partial charge in [0.05, 0.1) is 0 Å². The molecule has 1 N–H and O–H groups in total. The summed E-state index contributed by atoms with van der Waals surface area (Å²) in [4.78, 5) is 2.71. The van der Waals surface area contributed by atoms with Crippen LogP contribution in [0.2, 0.25) is 0 Å². The maximum absolute atomic E-state index is 9.96. The molecule has 1 fully saturated rings. The minimum absolute atomic E-state index is 0.171. The maximum atomic E-state index is 9.96. The van der Waals surface area contributed by atoms with Crippen LogP contribution in [0.15, 0.2) is 48.5 Å². The van der Waals surface area contributed by atoms with Gasteiger partial charge in [-0.3, -0.25) is 4.90 Å². The molecule has 1 aliphatic heterocycles. The van der Waals surface area contributed by atoms with Crippen LogP contribution in [0.4, 0.5) is 0 Å². The SMILES string of the molecule is CC(c1ccccc1)N1CC[C@]2(C)c3cc(O)ccc3C[C@@H]1C2C. The standard InChI is InChI=1S/C22H27NO/c1-15-21-13-18-9-10-19(24)14-20(18)22(15,3)11-12-23(21)16(2)17-7-5-4-6-8-17/h4-10,14-16,21,24H,11-13H2,1-3H3/t15?,16?,21-,22+/m1/s1. The lowest BCUT2D eigenvalue weighted by Gasteiger charge is -2.56. The summed E-state index contributed by atoms with van der Waals surface area (Å²) in [5.41, 5.74) is 4.37. The molecule has 1 saturated heterocycles. The van der Waals surface area contributed by atoms with E-state index in [0.717, 1.165) is 19.4 Å². The van der Waals surface area contributed by atoms with Gasteiger partial charge in [-0.15, -0.1) is 0 Å². The molecule has 0 spiro atoms. The van der Waals surface area contributed by atoms with Gasteiger partial charge >= 0.3 is 0 Å². The Labute approximate surface area is 145 Å². The molecule has 126 valence electrons. The van der Waals surface area contributed by atoms with Crippen LogP contribution in [0.5, 0.6) is 5.75 Å². The Morgan fingerprint density at radius 1 is 1.17 bits per heavy atom. The molecular weight excluding hydrogens is 294 g/mol. The highest BCUT2D eigenvalue weighted by atomic mass is 16.3. The highest BCUT2D eigenvalue weighted by molar-refractivity contribution is 5.44. The minimum Gasteiger partial charge on any atom is -0.508 e. The minimum atomic E-state index is 0.171. The fraction of sp³-hybridized carbons (Fsp3) is 0.455. The van der Waals surface area contributed by atoms with E-state index >= 15 is 0 Å². The van der Waals surface area contributed by atoms with Gasteiger partial charge in [-0.25, -0.2) is 0 Å². The predicted molar refractivity (Wildman–Crippen MR) is 98.3 cm³/mol. The van der Waals surface area contributed by atoms with Crippen molar-refractivity contribution in [1.82, 2.24) is 4.90 Å². The first-order chi connectivity index (χ1) is 11.5. The van der Waals surface area contributed by atoms with Gasteiger partial charge in [0.2, 0.25) is 0 Å². The summed E-state index contributed by atoms with van der Waals surface area (Å²) in [5, 5.41) is 9.96. The Bertz CT molecular complexity index is 741. The number of phenolic OH excluding ortho intramolecular Hbond substituents is 1. The summed E-state index contributed by atoms with van der Waals surface area (Å²) in [6, 6.07) is 17.9.